The third-order valence-electron chi connectivity index (χ3n) is 5.58. The molecule has 1 aliphatic heterocycles. The highest BCUT2D eigenvalue weighted by Crippen LogP contribution is 2.25. The molecule has 4 rings (SSSR count). The molecule has 168 valence electrons. The maximum atomic E-state index is 13.1. The molecule has 0 radical (unpaired) electrons. The third-order valence-corrected chi connectivity index (χ3v) is 6.96. The number of thiazole rings is 1. The Morgan fingerprint density at radius 1 is 1.25 bits per heavy atom. The molecule has 4 N–H and O–H groups in total. The zero-order chi connectivity index (χ0) is 23.2. The van der Waals surface area contributed by atoms with E-state index < -0.39 is 0 Å². The second-order valence-electron chi connectivity index (χ2n) is 8.16. The Morgan fingerprint density at radius 3 is 2.56 bits per heavy atom. The summed E-state index contributed by atoms with van der Waals surface area (Å²) in [7, 11) is 0. The van der Waals surface area contributed by atoms with Gasteiger partial charge in [0, 0.05) is 30.6 Å². The van der Waals surface area contributed by atoms with Crippen LogP contribution in [0.25, 0.3) is 16.6 Å². The summed E-state index contributed by atoms with van der Waals surface area (Å²) >= 11 is 6.59. The van der Waals surface area contributed by atoms with Crippen molar-refractivity contribution in [3.8, 4) is 0 Å². The molecule has 9 nitrogen and oxygen atoms in total. The number of benzene rings is 1. The van der Waals surface area contributed by atoms with Crippen molar-refractivity contribution in [1.29, 1.82) is 0 Å². The smallest absolute Gasteiger partial charge is 0.265 e. The Labute approximate surface area is 192 Å². The number of amides is 3. The quantitative estimate of drug-likeness (QED) is 0.500. The van der Waals surface area contributed by atoms with E-state index in [1.807, 2.05) is 13.8 Å². The Hall–Kier alpha value is -3.05. The SMILES string of the molecule is CC(C)NC(=O)c1sc(=S)n2c1[nH]c(=O)c1ccc(C(=O)N3CCC(C(N)=O)CC3)cc12. The van der Waals surface area contributed by atoms with E-state index in [4.69, 9.17) is 18.0 Å². The standard InChI is InChI=1S/C21H23N5O4S2/c1-10(2)23-19(29)15-17-24-18(28)13-4-3-12(9-14(13)26(17)21(31)32-15)20(30)25-7-5-11(6-8-25)16(22)27/h3-4,9-11H,5-8H2,1-2H3,(H2,22,27)(H,23,29)(H,24,28). The highest BCUT2D eigenvalue weighted by atomic mass is 32.1. The van der Waals surface area contributed by atoms with Crippen molar-refractivity contribution in [2.45, 2.75) is 32.7 Å². The molecule has 0 saturated carbocycles. The van der Waals surface area contributed by atoms with Crippen molar-refractivity contribution in [3.63, 3.8) is 0 Å². The Morgan fingerprint density at radius 2 is 1.94 bits per heavy atom. The number of carbonyl (C=O) groups is 3. The van der Waals surface area contributed by atoms with E-state index in [-0.39, 0.29) is 35.2 Å². The third kappa shape index (κ3) is 3.93. The molecule has 1 saturated heterocycles. The van der Waals surface area contributed by atoms with E-state index in [0.29, 0.717) is 56.9 Å². The van der Waals surface area contributed by atoms with Gasteiger partial charge in [-0.2, -0.15) is 0 Å². The number of H-pyrrole nitrogens is 1. The first-order valence-corrected chi connectivity index (χ1v) is 11.5. The summed E-state index contributed by atoms with van der Waals surface area (Å²) in [6.45, 7) is 4.56. The minimum absolute atomic E-state index is 0.0756. The maximum Gasteiger partial charge on any atom is 0.265 e. The van der Waals surface area contributed by atoms with Crippen molar-refractivity contribution < 1.29 is 14.4 Å². The first-order chi connectivity index (χ1) is 15.2. The molecule has 0 spiro atoms. The van der Waals surface area contributed by atoms with Gasteiger partial charge < -0.3 is 20.9 Å². The lowest BCUT2D eigenvalue weighted by molar-refractivity contribution is -0.123. The van der Waals surface area contributed by atoms with Crippen molar-refractivity contribution >= 4 is 57.8 Å². The predicted molar refractivity (Wildman–Crippen MR) is 125 cm³/mol. The predicted octanol–water partition coefficient (Wildman–Crippen LogP) is 2.05. The monoisotopic (exact) mass is 473 g/mol. The maximum absolute atomic E-state index is 13.1. The zero-order valence-electron chi connectivity index (χ0n) is 17.6. The molecule has 32 heavy (non-hydrogen) atoms. The van der Waals surface area contributed by atoms with Gasteiger partial charge in [0.15, 0.2) is 3.95 Å². The molecule has 0 aliphatic carbocycles. The number of hydrogen-bond acceptors (Lipinski definition) is 6. The number of nitrogens with one attached hydrogen (secondary N) is 2. The van der Waals surface area contributed by atoms with E-state index in [0.717, 1.165) is 11.3 Å². The fraction of sp³-hybridized carbons (Fsp3) is 0.381. The van der Waals surface area contributed by atoms with Gasteiger partial charge in [0.25, 0.3) is 17.4 Å². The van der Waals surface area contributed by atoms with Gasteiger partial charge in [0.1, 0.15) is 10.5 Å². The van der Waals surface area contributed by atoms with Crippen LogP contribution < -0.4 is 16.6 Å². The van der Waals surface area contributed by atoms with Gasteiger partial charge in [-0.1, -0.05) is 11.3 Å². The first-order valence-electron chi connectivity index (χ1n) is 10.3. The molecule has 1 fully saturated rings. The van der Waals surface area contributed by atoms with E-state index in [1.165, 1.54) is 0 Å². The number of nitrogens with zero attached hydrogens (tertiary/aromatic N) is 2. The lowest BCUT2D eigenvalue weighted by Gasteiger charge is -2.30. The molecule has 0 bridgehead atoms. The number of hydrogen-bond donors (Lipinski definition) is 3. The van der Waals surface area contributed by atoms with E-state index in [2.05, 4.69) is 10.3 Å². The first kappa shape index (κ1) is 22.2. The van der Waals surface area contributed by atoms with Gasteiger partial charge in [-0.05, 0) is 57.1 Å². The van der Waals surface area contributed by atoms with Crippen LogP contribution in [0.4, 0.5) is 0 Å². The van der Waals surface area contributed by atoms with Gasteiger partial charge in [0.2, 0.25) is 5.91 Å². The number of rotatable bonds is 4. The number of aromatic amines is 1. The van der Waals surface area contributed by atoms with Crippen molar-refractivity contribution in [2.24, 2.45) is 11.7 Å². The minimum atomic E-state index is -0.368. The molecule has 0 atom stereocenters. The zero-order valence-corrected chi connectivity index (χ0v) is 19.3. The molecule has 0 unspecified atom stereocenters. The topological polar surface area (TPSA) is 130 Å². The number of likely N-dealkylation sites (tertiary alicyclic amines) is 1. The summed E-state index contributed by atoms with van der Waals surface area (Å²) in [5, 5.41) is 3.18. The Bertz CT molecular complexity index is 1360. The van der Waals surface area contributed by atoms with Gasteiger partial charge in [-0.15, -0.1) is 0 Å². The molecule has 1 aliphatic rings. The largest absolute Gasteiger partial charge is 0.369 e. The molecule has 3 aromatic rings. The lowest BCUT2D eigenvalue weighted by Crippen LogP contribution is -2.41. The van der Waals surface area contributed by atoms with Crippen LogP contribution in [-0.4, -0.2) is 51.1 Å². The highest BCUT2D eigenvalue weighted by Gasteiger charge is 2.27. The van der Waals surface area contributed by atoms with Crippen LogP contribution in [0.3, 0.4) is 0 Å². The van der Waals surface area contributed by atoms with Gasteiger partial charge >= 0.3 is 0 Å². The summed E-state index contributed by atoms with van der Waals surface area (Å²) in [5.41, 5.74) is 6.19. The molecule has 2 aromatic heterocycles. The van der Waals surface area contributed by atoms with E-state index >= 15 is 0 Å². The summed E-state index contributed by atoms with van der Waals surface area (Å²) in [5.74, 6) is -1.07. The van der Waals surface area contributed by atoms with Crippen molar-refractivity contribution in [2.75, 3.05) is 13.1 Å². The Kier molecular flexibility index (Phi) is 5.87. The van der Waals surface area contributed by atoms with Crippen LogP contribution in [0.5, 0.6) is 0 Å². The van der Waals surface area contributed by atoms with Crippen LogP contribution >= 0.6 is 23.6 Å². The number of nitrogens with two attached hydrogens (primary N) is 1. The van der Waals surface area contributed by atoms with Gasteiger partial charge in [-0.3, -0.25) is 23.6 Å². The van der Waals surface area contributed by atoms with Gasteiger partial charge in [-0.25, -0.2) is 0 Å². The number of aromatic nitrogens is 2. The number of fused-ring (bicyclic) bond motifs is 3. The second kappa shape index (κ2) is 8.47. The number of piperidine rings is 1. The molecule has 3 amide bonds. The van der Waals surface area contributed by atoms with Crippen LogP contribution in [0, 0.1) is 9.87 Å². The molecule has 3 heterocycles. The van der Waals surface area contributed by atoms with E-state index in [1.54, 1.807) is 27.5 Å². The number of carbonyl (C=O) groups excluding carboxylic acids is 3. The van der Waals surface area contributed by atoms with Crippen LogP contribution in [0.1, 0.15) is 46.7 Å². The molecular formula is C21H23N5O4S2. The average Bonchev–Trinajstić information content (AvgIpc) is 3.09. The van der Waals surface area contributed by atoms with Crippen molar-refractivity contribution in [1.82, 2.24) is 19.6 Å². The molecule has 1 aromatic carbocycles. The fourth-order valence-electron chi connectivity index (χ4n) is 3.95. The van der Waals surface area contributed by atoms with Crippen molar-refractivity contribution in [3.05, 3.63) is 42.9 Å². The highest BCUT2D eigenvalue weighted by molar-refractivity contribution is 7.73. The van der Waals surface area contributed by atoms with Crippen LogP contribution in [0.15, 0.2) is 23.0 Å². The second-order valence-corrected chi connectivity index (χ2v) is 9.81. The fourth-order valence-corrected chi connectivity index (χ4v) is 5.24. The molecular weight excluding hydrogens is 450 g/mol. The summed E-state index contributed by atoms with van der Waals surface area (Å²) in [4.78, 5) is 54.5. The summed E-state index contributed by atoms with van der Waals surface area (Å²) in [6.07, 6.45) is 1.06. The van der Waals surface area contributed by atoms with Crippen LogP contribution in [0.2, 0.25) is 0 Å². The summed E-state index contributed by atoms with van der Waals surface area (Å²) < 4.78 is 2.02. The average molecular weight is 474 g/mol. The van der Waals surface area contributed by atoms with Crippen LogP contribution in [-0.2, 0) is 4.79 Å². The lowest BCUT2D eigenvalue weighted by atomic mass is 9.96. The summed E-state index contributed by atoms with van der Waals surface area (Å²) in [6, 6.07) is 4.75. The minimum Gasteiger partial charge on any atom is -0.369 e. The Balaban J connectivity index is 1.77. The number of primary amides is 1. The van der Waals surface area contributed by atoms with E-state index in [9.17, 15) is 19.2 Å². The normalized spacial score (nSPS) is 14.9. The van der Waals surface area contributed by atoms with Gasteiger partial charge in [0.05, 0.1) is 10.9 Å². The molecule has 11 heteroatoms.